The third kappa shape index (κ3) is 13.0. The molecule has 0 atom stereocenters. The monoisotopic (exact) mass is 554 g/mol. The number of esters is 1. The van der Waals surface area contributed by atoms with Crippen molar-refractivity contribution in [1.82, 2.24) is 0 Å². The molecule has 0 unspecified atom stereocenters. The Morgan fingerprint density at radius 1 is 0.821 bits per heavy atom. The first kappa shape index (κ1) is 33.3. The third-order valence-corrected chi connectivity index (χ3v) is 5.73. The Bertz CT molecular complexity index is 1180. The topological polar surface area (TPSA) is 101 Å². The highest BCUT2D eigenvalue weighted by molar-refractivity contribution is 6.83. The summed E-state index contributed by atoms with van der Waals surface area (Å²) in [4.78, 5) is 22.4. The lowest BCUT2D eigenvalue weighted by molar-refractivity contribution is 0.0599. The fraction of sp³-hybridized carbons (Fsp3) is 0.400. The van der Waals surface area contributed by atoms with Gasteiger partial charge in [0.25, 0.3) is 0 Å². The van der Waals surface area contributed by atoms with Gasteiger partial charge in [0.15, 0.2) is 0 Å². The lowest BCUT2D eigenvalue weighted by Crippen LogP contribution is -2.16. The van der Waals surface area contributed by atoms with Crippen LogP contribution in [-0.4, -0.2) is 72.9 Å². The quantitative estimate of drug-likeness (QED) is 0.171. The molecule has 0 aliphatic carbocycles. The van der Waals surface area contributed by atoms with Crippen LogP contribution in [0, 0.1) is 23.8 Å². The maximum Gasteiger partial charge on any atom is 0.337 e. The Labute approximate surface area is 232 Å². The predicted octanol–water partition coefficient (Wildman–Crippen LogP) is 4.90. The highest BCUT2D eigenvalue weighted by Gasteiger charge is 2.12. The highest BCUT2D eigenvalue weighted by Crippen LogP contribution is 2.22. The molecular formula is C30H38O8Si. The van der Waals surface area contributed by atoms with Crippen molar-refractivity contribution < 1.29 is 38.4 Å². The summed E-state index contributed by atoms with van der Waals surface area (Å²) >= 11 is 0. The average Bonchev–Trinajstić information content (AvgIpc) is 2.91. The molecule has 0 amide bonds. The van der Waals surface area contributed by atoms with Crippen LogP contribution in [0.5, 0.6) is 11.5 Å². The van der Waals surface area contributed by atoms with Crippen molar-refractivity contribution in [2.75, 3.05) is 47.8 Å². The SMILES string of the molecule is C#Cc1ccc(C(=O)O)cc1OCCCOC.COCCCOc1cc(C(=O)OC)ccc1C#C[Si](C)(C)C. The zero-order valence-corrected chi connectivity index (χ0v) is 24.6. The number of ether oxygens (including phenoxy) is 5. The molecule has 8 nitrogen and oxygen atoms in total. The van der Waals surface area contributed by atoms with Gasteiger partial charge in [-0.15, -0.1) is 12.0 Å². The lowest BCUT2D eigenvalue weighted by atomic mass is 10.1. The number of rotatable bonds is 12. The van der Waals surface area contributed by atoms with E-state index in [-0.39, 0.29) is 11.5 Å². The number of carboxylic acid groups (broad SMARTS) is 1. The normalized spacial score (nSPS) is 10.2. The zero-order valence-electron chi connectivity index (χ0n) is 23.6. The number of carbonyl (C=O) groups excluding carboxylic acids is 1. The fourth-order valence-corrected chi connectivity index (χ4v) is 3.42. The minimum Gasteiger partial charge on any atom is -0.492 e. The zero-order chi connectivity index (χ0) is 29.3. The number of methoxy groups -OCH3 is 3. The van der Waals surface area contributed by atoms with Crippen LogP contribution in [0.25, 0.3) is 0 Å². The molecule has 0 bridgehead atoms. The summed E-state index contributed by atoms with van der Waals surface area (Å²) in [5.41, 5.74) is 5.28. The number of benzene rings is 2. The van der Waals surface area contributed by atoms with Gasteiger partial charge in [0.2, 0.25) is 0 Å². The number of hydrogen-bond acceptors (Lipinski definition) is 7. The molecule has 9 heteroatoms. The second kappa shape index (κ2) is 17.7. The van der Waals surface area contributed by atoms with Gasteiger partial charge in [-0.3, -0.25) is 0 Å². The van der Waals surface area contributed by atoms with Crippen LogP contribution in [0.4, 0.5) is 0 Å². The second-order valence-corrected chi connectivity index (χ2v) is 14.0. The van der Waals surface area contributed by atoms with E-state index >= 15 is 0 Å². The van der Waals surface area contributed by atoms with Crippen LogP contribution >= 0.6 is 0 Å². The van der Waals surface area contributed by atoms with Crippen LogP contribution in [0.15, 0.2) is 36.4 Å². The molecule has 0 saturated carbocycles. The fourth-order valence-electron chi connectivity index (χ4n) is 2.91. The van der Waals surface area contributed by atoms with E-state index in [9.17, 15) is 9.59 Å². The summed E-state index contributed by atoms with van der Waals surface area (Å²) in [6.45, 7) is 8.72. The van der Waals surface area contributed by atoms with E-state index in [0.29, 0.717) is 49.1 Å². The molecule has 0 radical (unpaired) electrons. The van der Waals surface area contributed by atoms with Gasteiger partial charge in [0.05, 0.1) is 42.6 Å². The van der Waals surface area contributed by atoms with Crippen molar-refractivity contribution in [1.29, 1.82) is 0 Å². The Morgan fingerprint density at radius 2 is 1.33 bits per heavy atom. The van der Waals surface area contributed by atoms with Crippen molar-refractivity contribution in [3.8, 4) is 35.3 Å². The minimum atomic E-state index is -1.48. The van der Waals surface area contributed by atoms with E-state index in [1.54, 1.807) is 32.4 Å². The molecule has 0 heterocycles. The van der Waals surface area contributed by atoms with E-state index in [0.717, 1.165) is 18.4 Å². The molecule has 1 N–H and O–H groups in total. The largest absolute Gasteiger partial charge is 0.492 e. The third-order valence-electron chi connectivity index (χ3n) is 4.86. The maximum atomic E-state index is 11.6. The van der Waals surface area contributed by atoms with Crippen molar-refractivity contribution >= 4 is 20.0 Å². The molecule has 2 aromatic rings. The van der Waals surface area contributed by atoms with Crippen molar-refractivity contribution in [2.24, 2.45) is 0 Å². The smallest absolute Gasteiger partial charge is 0.337 e. The van der Waals surface area contributed by atoms with Gasteiger partial charge in [0, 0.05) is 40.3 Å². The molecule has 0 saturated heterocycles. The molecule has 2 rings (SSSR count). The number of aromatic carboxylic acids is 1. The van der Waals surface area contributed by atoms with Crippen molar-refractivity contribution in [3.05, 3.63) is 58.7 Å². The molecule has 0 aromatic heterocycles. The molecular weight excluding hydrogens is 516 g/mol. The Morgan fingerprint density at radius 3 is 1.82 bits per heavy atom. The van der Waals surface area contributed by atoms with E-state index in [2.05, 4.69) is 37.0 Å². The van der Waals surface area contributed by atoms with Crippen molar-refractivity contribution in [3.63, 3.8) is 0 Å². The van der Waals surface area contributed by atoms with Gasteiger partial charge in [-0.25, -0.2) is 9.59 Å². The summed E-state index contributed by atoms with van der Waals surface area (Å²) in [6.07, 6.45) is 6.80. The first-order chi connectivity index (χ1) is 18.6. The van der Waals surface area contributed by atoms with Crippen molar-refractivity contribution in [2.45, 2.75) is 32.5 Å². The van der Waals surface area contributed by atoms with Gasteiger partial charge < -0.3 is 28.8 Å². The Kier molecular flexibility index (Phi) is 15.1. The maximum absolute atomic E-state index is 11.6. The summed E-state index contributed by atoms with van der Waals surface area (Å²) in [7, 11) is 3.15. The number of hydrogen-bond donors (Lipinski definition) is 1. The first-order valence-corrected chi connectivity index (χ1v) is 15.9. The molecule has 210 valence electrons. The Balaban J connectivity index is 0.000000403. The number of terminal acetylenes is 1. The summed E-state index contributed by atoms with van der Waals surface area (Å²) in [5.74, 6) is 5.28. The number of carbonyl (C=O) groups is 2. The van der Waals surface area contributed by atoms with E-state index < -0.39 is 14.0 Å². The molecule has 2 aromatic carbocycles. The van der Waals surface area contributed by atoms with Gasteiger partial charge in [-0.1, -0.05) is 31.5 Å². The molecule has 39 heavy (non-hydrogen) atoms. The van der Waals surface area contributed by atoms with Gasteiger partial charge in [0.1, 0.15) is 19.6 Å². The summed E-state index contributed by atoms with van der Waals surface area (Å²) < 4.78 is 25.8. The minimum absolute atomic E-state index is 0.158. The molecule has 0 aliphatic rings. The highest BCUT2D eigenvalue weighted by atomic mass is 28.3. The summed E-state index contributed by atoms with van der Waals surface area (Å²) in [5, 5.41) is 8.86. The molecule has 0 aliphatic heterocycles. The lowest BCUT2D eigenvalue weighted by Gasteiger charge is -2.10. The molecule has 0 spiro atoms. The van der Waals surface area contributed by atoms with Crippen LogP contribution in [-0.2, 0) is 14.2 Å². The molecule has 0 fully saturated rings. The predicted molar refractivity (Wildman–Crippen MR) is 153 cm³/mol. The second-order valence-electron chi connectivity index (χ2n) is 9.25. The number of carboxylic acids is 1. The standard InChI is InChI=1S/C17H24O4Si.C13H14O4/c1-19-10-6-11-21-16-13-15(17(18)20-2)8-7-14(16)9-12-22(3,4)5;1-3-10-5-6-11(13(14)15)9-12(10)17-8-4-7-16-2/h7-8,13H,6,10-11H2,1-5H3;1,5-6,9H,4,7-8H2,2H3,(H,14,15). The first-order valence-electron chi connectivity index (χ1n) is 12.4. The Hall–Kier alpha value is -3.76. The van der Waals surface area contributed by atoms with Gasteiger partial charge >= 0.3 is 11.9 Å². The van der Waals surface area contributed by atoms with Crippen LogP contribution in [0.1, 0.15) is 44.7 Å². The average molecular weight is 555 g/mol. The van der Waals surface area contributed by atoms with Gasteiger partial charge in [-0.2, -0.15) is 0 Å². The van der Waals surface area contributed by atoms with Crippen LogP contribution in [0.3, 0.4) is 0 Å². The summed E-state index contributed by atoms with van der Waals surface area (Å²) in [6, 6.07) is 9.67. The van der Waals surface area contributed by atoms with E-state index in [1.165, 1.54) is 19.2 Å². The van der Waals surface area contributed by atoms with E-state index in [1.807, 2.05) is 6.07 Å². The van der Waals surface area contributed by atoms with Crippen LogP contribution in [0.2, 0.25) is 19.6 Å². The van der Waals surface area contributed by atoms with E-state index in [4.69, 9.17) is 35.2 Å². The van der Waals surface area contributed by atoms with Gasteiger partial charge in [-0.05, 0) is 36.4 Å². The van der Waals surface area contributed by atoms with Crippen LogP contribution < -0.4 is 9.47 Å².